The number of aryl methyl sites for hydroxylation is 2. The Morgan fingerprint density at radius 2 is 2.00 bits per heavy atom. The number of nitrogens with one attached hydrogen (secondary N) is 2. The molecule has 0 aliphatic carbocycles. The smallest absolute Gasteiger partial charge is 0.245 e. The highest BCUT2D eigenvalue weighted by Crippen LogP contribution is 2.18. The third-order valence-electron chi connectivity index (χ3n) is 3.09. The van der Waals surface area contributed by atoms with Gasteiger partial charge < -0.3 is 9.84 Å². The molecule has 130 valence electrons. The van der Waals surface area contributed by atoms with Crippen molar-refractivity contribution in [3.8, 4) is 0 Å². The van der Waals surface area contributed by atoms with Crippen LogP contribution in [0.25, 0.3) is 0 Å². The molecular formula is C14H15F2N3O4S. The van der Waals surface area contributed by atoms with Crippen LogP contribution in [0, 0.1) is 25.5 Å². The lowest BCUT2D eigenvalue weighted by Crippen LogP contribution is -2.28. The van der Waals surface area contributed by atoms with Crippen LogP contribution < -0.4 is 10.0 Å². The summed E-state index contributed by atoms with van der Waals surface area (Å²) in [5, 5.41) is 5.79. The highest BCUT2D eigenvalue weighted by atomic mass is 32.2. The van der Waals surface area contributed by atoms with Crippen molar-refractivity contribution in [2.45, 2.75) is 25.2 Å². The van der Waals surface area contributed by atoms with Crippen molar-refractivity contribution >= 4 is 21.6 Å². The van der Waals surface area contributed by atoms with Gasteiger partial charge in [0.2, 0.25) is 15.9 Å². The number of rotatable bonds is 6. The Bertz CT molecular complexity index is 845. The van der Waals surface area contributed by atoms with Crippen molar-refractivity contribution in [1.82, 2.24) is 9.88 Å². The van der Waals surface area contributed by atoms with Crippen molar-refractivity contribution in [3.05, 3.63) is 41.3 Å². The summed E-state index contributed by atoms with van der Waals surface area (Å²) in [6, 6.07) is 2.71. The molecule has 0 aliphatic heterocycles. The van der Waals surface area contributed by atoms with Gasteiger partial charge in [-0.15, -0.1) is 0 Å². The standard InChI is InChI=1S/C14H15F2N3O4S/c1-8-14(9(2)23-19-8)24(21,22)17-6-5-13(20)18-12-4-3-10(15)7-11(12)16/h3-4,7,17H,5-6H2,1-2H3,(H,18,20). The van der Waals surface area contributed by atoms with Crippen LogP contribution in [0.5, 0.6) is 0 Å². The van der Waals surface area contributed by atoms with E-state index in [1.54, 1.807) is 0 Å². The maximum Gasteiger partial charge on any atom is 0.245 e. The van der Waals surface area contributed by atoms with Crippen molar-refractivity contribution in [2.24, 2.45) is 0 Å². The lowest BCUT2D eigenvalue weighted by Gasteiger charge is -2.08. The molecular weight excluding hydrogens is 344 g/mol. The van der Waals surface area contributed by atoms with E-state index in [2.05, 4.69) is 15.2 Å². The Morgan fingerprint density at radius 1 is 1.29 bits per heavy atom. The average Bonchev–Trinajstić information content (AvgIpc) is 2.81. The number of amides is 1. The number of benzene rings is 1. The highest BCUT2D eigenvalue weighted by Gasteiger charge is 2.23. The number of carbonyl (C=O) groups excluding carboxylic acids is 1. The molecule has 0 aliphatic rings. The third-order valence-corrected chi connectivity index (χ3v) is 4.79. The number of carbonyl (C=O) groups is 1. The van der Waals surface area contributed by atoms with Crippen molar-refractivity contribution in [2.75, 3.05) is 11.9 Å². The summed E-state index contributed by atoms with van der Waals surface area (Å²) < 4.78 is 57.5. The normalized spacial score (nSPS) is 11.5. The average molecular weight is 359 g/mol. The molecule has 0 saturated heterocycles. The van der Waals surface area contributed by atoms with E-state index >= 15 is 0 Å². The molecule has 24 heavy (non-hydrogen) atoms. The third kappa shape index (κ3) is 4.15. The predicted octanol–water partition coefficient (Wildman–Crippen LogP) is 1.88. The Hall–Kier alpha value is -2.33. The molecule has 0 unspecified atom stereocenters. The molecule has 0 radical (unpaired) electrons. The van der Waals surface area contributed by atoms with Gasteiger partial charge in [-0.1, -0.05) is 5.16 Å². The van der Waals surface area contributed by atoms with E-state index in [-0.39, 0.29) is 35.0 Å². The maximum absolute atomic E-state index is 13.4. The number of nitrogens with zero attached hydrogens (tertiary/aromatic N) is 1. The largest absolute Gasteiger partial charge is 0.360 e. The zero-order valence-corrected chi connectivity index (χ0v) is 13.7. The van der Waals surface area contributed by atoms with Gasteiger partial charge in [0, 0.05) is 19.0 Å². The summed E-state index contributed by atoms with van der Waals surface area (Å²) in [6.45, 7) is 2.73. The first-order valence-electron chi connectivity index (χ1n) is 6.88. The molecule has 0 saturated carbocycles. The summed E-state index contributed by atoms with van der Waals surface area (Å²) in [6.07, 6.45) is -0.237. The van der Waals surface area contributed by atoms with Gasteiger partial charge in [0.1, 0.15) is 22.2 Å². The van der Waals surface area contributed by atoms with Gasteiger partial charge >= 0.3 is 0 Å². The van der Waals surface area contributed by atoms with Gasteiger partial charge in [-0.2, -0.15) is 0 Å². The molecule has 7 nitrogen and oxygen atoms in total. The van der Waals surface area contributed by atoms with Crippen LogP contribution in [0.1, 0.15) is 17.9 Å². The topological polar surface area (TPSA) is 101 Å². The van der Waals surface area contributed by atoms with E-state index in [0.717, 1.165) is 12.1 Å². The zero-order valence-electron chi connectivity index (χ0n) is 12.9. The highest BCUT2D eigenvalue weighted by molar-refractivity contribution is 7.89. The number of anilines is 1. The Kier molecular flexibility index (Phi) is 5.30. The predicted molar refractivity (Wildman–Crippen MR) is 80.8 cm³/mol. The quantitative estimate of drug-likeness (QED) is 0.820. The molecule has 2 aromatic rings. The van der Waals surface area contributed by atoms with E-state index < -0.39 is 27.6 Å². The van der Waals surface area contributed by atoms with Gasteiger partial charge in [-0.25, -0.2) is 21.9 Å². The Morgan fingerprint density at radius 3 is 2.58 bits per heavy atom. The molecule has 1 heterocycles. The van der Waals surface area contributed by atoms with Gasteiger partial charge in [0.15, 0.2) is 5.76 Å². The zero-order chi connectivity index (χ0) is 17.9. The number of halogens is 2. The van der Waals surface area contributed by atoms with Crippen LogP contribution in [0.4, 0.5) is 14.5 Å². The second-order valence-corrected chi connectivity index (χ2v) is 6.68. The first kappa shape index (κ1) is 18.0. The summed E-state index contributed by atoms with van der Waals surface area (Å²) in [7, 11) is -3.87. The molecule has 0 bridgehead atoms. The van der Waals surface area contributed by atoms with Crippen LogP contribution in [0.2, 0.25) is 0 Å². The summed E-state index contributed by atoms with van der Waals surface area (Å²) in [5.74, 6) is -2.17. The molecule has 0 atom stereocenters. The van der Waals surface area contributed by atoms with Crippen LogP contribution in [0.3, 0.4) is 0 Å². The number of aromatic nitrogens is 1. The minimum atomic E-state index is -3.87. The Balaban J connectivity index is 1.93. The number of hydrogen-bond acceptors (Lipinski definition) is 5. The molecule has 1 amide bonds. The second-order valence-electron chi connectivity index (χ2n) is 4.97. The molecule has 1 aromatic heterocycles. The lowest BCUT2D eigenvalue weighted by atomic mass is 10.3. The minimum Gasteiger partial charge on any atom is -0.360 e. The maximum atomic E-state index is 13.4. The summed E-state index contributed by atoms with van der Waals surface area (Å²) >= 11 is 0. The molecule has 0 spiro atoms. The van der Waals surface area contributed by atoms with E-state index in [0.29, 0.717) is 6.07 Å². The van der Waals surface area contributed by atoms with Crippen LogP contribution in [0.15, 0.2) is 27.6 Å². The number of hydrogen-bond donors (Lipinski definition) is 2. The first-order valence-corrected chi connectivity index (χ1v) is 8.36. The van der Waals surface area contributed by atoms with Gasteiger partial charge in [0.05, 0.1) is 5.69 Å². The van der Waals surface area contributed by atoms with Crippen LogP contribution in [-0.4, -0.2) is 26.0 Å². The van der Waals surface area contributed by atoms with Crippen LogP contribution >= 0.6 is 0 Å². The number of sulfonamides is 1. The van der Waals surface area contributed by atoms with Gasteiger partial charge in [0.25, 0.3) is 0 Å². The lowest BCUT2D eigenvalue weighted by molar-refractivity contribution is -0.116. The molecule has 1 aromatic carbocycles. The minimum absolute atomic E-state index is 0.0764. The fourth-order valence-corrected chi connectivity index (χ4v) is 3.39. The van der Waals surface area contributed by atoms with E-state index in [1.165, 1.54) is 13.8 Å². The Labute approximate surface area is 137 Å². The van der Waals surface area contributed by atoms with E-state index in [4.69, 9.17) is 4.52 Å². The van der Waals surface area contributed by atoms with E-state index in [9.17, 15) is 22.0 Å². The molecule has 2 rings (SSSR count). The second kappa shape index (κ2) is 7.05. The van der Waals surface area contributed by atoms with Crippen LogP contribution in [-0.2, 0) is 14.8 Å². The van der Waals surface area contributed by atoms with Gasteiger partial charge in [-0.3, -0.25) is 4.79 Å². The summed E-state index contributed by atoms with van der Waals surface area (Å²) in [5.41, 5.74) is 0.0211. The fourth-order valence-electron chi connectivity index (χ4n) is 2.03. The molecule has 10 heteroatoms. The monoisotopic (exact) mass is 359 g/mol. The SMILES string of the molecule is Cc1noc(C)c1S(=O)(=O)NCCC(=O)Nc1ccc(F)cc1F. The summed E-state index contributed by atoms with van der Waals surface area (Å²) in [4.78, 5) is 11.6. The van der Waals surface area contributed by atoms with Crippen molar-refractivity contribution < 1.29 is 26.5 Å². The molecule has 0 fully saturated rings. The fraction of sp³-hybridized carbons (Fsp3) is 0.286. The van der Waals surface area contributed by atoms with Crippen molar-refractivity contribution in [1.29, 1.82) is 0 Å². The molecule has 2 N–H and O–H groups in total. The van der Waals surface area contributed by atoms with Crippen molar-refractivity contribution in [3.63, 3.8) is 0 Å². The first-order chi connectivity index (χ1) is 11.2. The van der Waals surface area contributed by atoms with Gasteiger partial charge in [-0.05, 0) is 26.0 Å². The van der Waals surface area contributed by atoms with E-state index in [1.807, 2.05) is 0 Å².